The molecule has 7 heteroatoms. The van der Waals surface area contributed by atoms with Crippen molar-refractivity contribution in [1.82, 2.24) is 9.29 Å². The average molecular weight is 284 g/mol. The van der Waals surface area contributed by atoms with E-state index in [0.29, 0.717) is 24.7 Å². The van der Waals surface area contributed by atoms with Crippen molar-refractivity contribution >= 4 is 15.7 Å². The van der Waals surface area contributed by atoms with E-state index in [1.165, 1.54) is 10.5 Å². The number of pyridine rings is 1. The molecule has 1 aromatic heterocycles. The zero-order valence-electron chi connectivity index (χ0n) is 11.0. The van der Waals surface area contributed by atoms with E-state index in [0.717, 1.165) is 19.3 Å². The summed E-state index contributed by atoms with van der Waals surface area (Å²) in [5, 5.41) is 0.00611. The lowest BCUT2D eigenvalue weighted by molar-refractivity contribution is 0.394. The average Bonchev–Trinajstić information content (AvgIpc) is 3.22. The van der Waals surface area contributed by atoms with Gasteiger partial charge >= 0.3 is 0 Å². The Labute approximate surface area is 114 Å². The fraction of sp³-hybridized carbons (Fsp3) is 0.583. The van der Waals surface area contributed by atoms with Crippen molar-refractivity contribution in [3.63, 3.8) is 0 Å². The molecule has 19 heavy (non-hydrogen) atoms. The lowest BCUT2D eigenvalue weighted by Crippen LogP contribution is -2.34. The number of nitrogens with two attached hydrogens (primary N) is 1. The Hall–Kier alpha value is -1.18. The Kier molecular flexibility index (Phi) is 4.38. The topological polar surface area (TPSA) is 88.3 Å². The maximum atomic E-state index is 12.6. The van der Waals surface area contributed by atoms with Crippen LogP contribution in [0.25, 0.3) is 0 Å². The standard InChI is InChI=1S/C12H20N4O2S/c1-2-8-16(9-10-5-6-10)19(17,18)12-11(15-13)4-3-7-14-12/h3-4,7,10,15H,2,5-6,8-9,13H2,1H3. The van der Waals surface area contributed by atoms with E-state index in [4.69, 9.17) is 5.84 Å². The second-order valence-corrected chi connectivity index (χ2v) is 6.66. The van der Waals surface area contributed by atoms with Gasteiger partial charge in [0.05, 0.1) is 5.69 Å². The quantitative estimate of drug-likeness (QED) is 0.580. The predicted molar refractivity (Wildman–Crippen MR) is 73.8 cm³/mol. The van der Waals surface area contributed by atoms with Crippen LogP contribution in [0.2, 0.25) is 0 Å². The second kappa shape index (κ2) is 5.85. The molecular weight excluding hydrogens is 264 g/mol. The summed E-state index contributed by atoms with van der Waals surface area (Å²) in [5.41, 5.74) is 2.73. The van der Waals surface area contributed by atoms with Crippen molar-refractivity contribution in [2.75, 3.05) is 18.5 Å². The molecule has 0 radical (unpaired) electrons. The van der Waals surface area contributed by atoms with Gasteiger partial charge in [0.1, 0.15) is 0 Å². The van der Waals surface area contributed by atoms with Gasteiger partial charge in [-0.15, -0.1) is 0 Å². The number of hydrazine groups is 1. The largest absolute Gasteiger partial charge is 0.321 e. The first-order chi connectivity index (χ1) is 9.09. The number of nitrogens with one attached hydrogen (secondary N) is 1. The summed E-state index contributed by atoms with van der Waals surface area (Å²) in [6.45, 7) is 3.06. The highest BCUT2D eigenvalue weighted by molar-refractivity contribution is 7.89. The molecule has 1 heterocycles. The van der Waals surface area contributed by atoms with Crippen LogP contribution in [0.3, 0.4) is 0 Å². The van der Waals surface area contributed by atoms with E-state index in [2.05, 4.69) is 10.4 Å². The molecule has 2 rings (SSSR count). The molecule has 1 saturated carbocycles. The van der Waals surface area contributed by atoms with E-state index >= 15 is 0 Å². The Bertz CT molecular complexity index is 528. The normalized spacial score (nSPS) is 15.7. The van der Waals surface area contributed by atoms with Crippen LogP contribution in [-0.2, 0) is 10.0 Å². The highest BCUT2D eigenvalue weighted by atomic mass is 32.2. The Morgan fingerprint density at radius 2 is 2.26 bits per heavy atom. The van der Waals surface area contributed by atoms with Crippen LogP contribution >= 0.6 is 0 Å². The highest BCUT2D eigenvalue weighted by Crippen LogP contribution is 2.32. The van der Waals surface area contributed by atoms with Crippen LogP contribution in [0, 0.1) is 5.92 Å². The van der Waals surface area contributed by atoms with Crippen molar-refractivity contribution in [1.29, 1.82) is 0 Å². The number of rotatable bonds is 7. The lowest BCUT2D eigenvalue weighted by atomic mass is 10.4. The molecule has 0 atom stereocenters. The molecule has 0 bridgehead atoms. The number of hydrogen-bond acceptors (Lipinski definition) is 5. The summed E-state index contributed by atoms with van der Waals surface area (Å²) >= 11 is 0. The maximum absolute atomic E-state index is 12.6. The maximum Gasteiger partial charge on any atom is 0.262 e. The molecule has 1 fully saturated rings. The first-order valence-electron chi connectivity index (χ1n) is 6.51. The van der Waals surface area contributed by atoms with Crippen molar-refractivity contribution in [3.05, 3.63) is 18.3 Å². The molecule has 106 valence electrons. The molecule has 0 aromatic carbocycles. The van der Waals surface area contributed by atoms with E-state index in [1.807, 2.05) is 6.92 Å². The van der Waals surface area contributed by atoms with Gasteiger partial charge in [0.25, 0.3) is 10.0 Å². The Balaban J connectivity index is 2.31. The van der Waals surface area contributed by atoms with Gasteiger partial charge in [-0.1, -0.05) is 6.92 Å². The smallest absolute Gasteiger partial charge is 0.262 e. The van der Waals surface area contributed by atoms with Crippen LogP contribution < -0.4 is 11.3 Å². The fourth-order valence-corrected chi connectivity index (χ4v) is 3.65. The Morgan fingerprint density at radius 1 is 1.53 bits per heavy atom. The van der Waals surface area contributed by atoms with Gasteiger partial charge in [-0.2, -0.15) is 4.31 Å². The summed E-state index contributed by atoms with van der Waals surface area (Å²) < 4.78 is 26.8. The zero-order valence-corrected chi connectivity index (χ0v) is 11.9. The van der Waals surface area contributed by atoms with Crippen LogP contribution in [0.1, 0.15) is 26.2 Å². The molecule has 0 amide bonds. The summed E-state index contributed by atoms with van der Waals surface area (Å²) in [4.78, 5) is 3.98. The summed E-state index contributed by atoms with van der Waals surface area (Å²) in [6, 6.07) is 3.26. The molecule has 0 unspecified atom stereocenters. The number of aromatic nitrogens is 1. The van der Waals surface area contributed by atoms with E-state index in [1.54, 1.807) is 12.1 Å². The highest BCUT2D eigenvalue weighted by Gasteiger charge is 2.33. The van der Waals surface area contributed by atoms with Gasteiger partial charge in [0, 0.05) is 19.3 Å². The lowest BCUT2D eigenvalue weighted by Gasteiger charge is -2.22. The SMILES string of the molecule is CCCN(CC1CC1)S(=O)(=O)c1ncccc1NN. The van der Waals surface area contributed by atoms with Gasteiger partial charge in [0.15, 0.2) is 5.03 Å². The zero-order chi connectivity index (χ0) is 13.9. The van der Waals surface area contributed by atoms with Crippen LogP contribution in [0.15, 0.2) is 23.4 Å². The van der Waals surface area contributed by atoms with Crippen molar-refractivity contribution < 1.29 is 8.42 Å². The first-order valence-corrected chi connectivity index (χ1v) is 7.95. The van der Waals surface area contributed by atoms with Crippen molar-refractivity contribution in [2.45, 2.75) is 31.2 Å². The number of hydrogen-bond donors (Lipinski definition) is 2. The van der Waals surface area contributed by atoms with Gasteiger partial charge < -0.3 is 5.43 Å². The Morgan fingerprint density at radius 3 is 2.84 bits per heavy atom. The van der Waals surface area contributed by atoms with Gasteiger partial charge in [-0.05, 0) is 37.3 Å². The molecule has 3 N–H and O–H groups in total. The van der Waals surface area contributed by atoms with Crippen molar-refractivity contribution in [2.24, 2.45) is 11.8 Å². The summed E-state index contributed by atoms with van der Waals surface area (Å²) in [7, 11) is -3.58. The van der Waals surface area contributed by atoms with E-state index in [9.17, 15) is 8.42 Å². The van der Waals surface area contributed by atoms with Gasteiger partial charge in [-0.3, -0.25) is 5.84 Å². The number of nitrogen functional groups attached to an aromatic ring is 1. The molecule has 1 aromatic rings. The number of nitrogens with zero attached hydrogens (tertiary/aromatic N) is 2. The molecular formula is C12H20N4O2S. The number of anilines is 1. The minimum Gasteiger partial charge on any atom is -0.321 e. The van der Waals surface area contributed by atoms with Crippen LogP contribution in [0.4, 0.5) is 5.69 Å². The minimum atomic E-state index is -3.58. The monoisotopic (exact) mass is 284 g/mol. The third-order valence-electron chi connectivity index (χ3n) is 3.14. The molecule has 1 aliphatic rings. The molecule has 0 aliphatic heterocycles. The number of sulfonamides is 1. The summed E-state index contributed by atoms with van der Waals surface area (Å²) in [5.74, 6) is 5.86. The van der Waals surface area contributed by atoms with Gasteiger partial charge in [-0.25, -0.2) is 13.4 Å². The summed E-state index contributed by atoms with van der Waals surface area (Å²) in [6.07, 6.45) is 4.47. The fourth-order valence-electron chi connectivity index (χ4n) is 1.98. The first kappa shape index (κ1) is 14.2. The molecule has 1 aliphatic carbocycles. The van der Waals surface area contributed by atoms with Crippen LogP contribution in [0.5, 0.6) is 0 Å². The van der Waals surface area contributed by atoms with Crippen molar-refractivity contribution in [3.8, 4) is 0 Å². The molecule has 0 saturated heterocycles. The van der Waals surface area contributed by atoms with E-state index < -0.39 is 10.0 Å². The van der Waals surface area contributed by atoms with Crippen LogP contribution in [-0.4, -0.2) is 30.8 Å². The third kappa shape index (κ3) is 3.23. The third-order valence-corrected chi connectivity index (χ3v) is 4.97. The van der Waals surface area contributed by atoms with Gasteiger partial charge in [0.2, 0.25) is 0 Å². The predicted octanol–water partition coefficient (Wildman–Crippen LogP) is 1.18. The van der Waals surface area contributed by atoms with E-state index in [-0.39, 0.29) is 5.03 Å². The minimum absolute atomic E-state index is 0.00611. The molecule has 0 spiro atoms. The molecule has 6 nitrogen and oxygen atoms in total. The second-order valence-electron chi connectivity index (χ2n) is 4.81.